The molecule has 2 aromatic carbocycles. The summed E-state index contributed by atoms with van der Waals surface area (Å²) in [6.45, 7) is -1.56. The van der Waals surface area contributed by atoms with Crippen LogP contribution in [0.1, 0.15) is 32.4 Å². The first kappa shape index (κ1) is 20.3. The first-order chi connectivity index (χ1) is 13.7. The zero-order valence-corrected chi connectivity index (χ0v) is 15.4. The minimum atomic E-state index is -4.69. The average Bonchev–Trinajstić information content (AvgIpc) is 2.67. The van der Waals surface area contributed by atoms with Crippen molar-refractivity contribution in [3.05, 3.63) is 53.1 Å². The van der Waals surface area contributed by atoms with E-state index in [-0.39, 0.29) is 22.6 Å². The molecule has 1 aliphatic rings. The van der Waals surface area contributed by atoms with Crippen molar-refractivity contribution in [2.45, 2.75) is 12.3 Å². The lowest BCUT2D eigenvalue weighted by Crippen LogP contribution is -2.47. The highest BCUT2D eigenvalue weighted by Crippen LogP contribution is 2.41. The number of alkyl halides is 3. The van der Waals surface area contributed by atoms with Crippen molar-refractivity contribution in [3.63, 3.8) is 0 Å². The van der Waals surface area contributed by atoms with Gasteiger partial charge in [0.2, 0.25) is 0 Å². The van der Waals surface area contributed by atoms with E-state index in [9.17, 15) is 27.9 Å². The number of carboxylic acids is 1. The Hall–Kier alpha value is -3.43. The van der Waals surface area contributed by atoms with Gasteiger partial charge in [0.25, 0.3) is 5.91 Å². The maximum Gasteiger partial charge on any atom is 0.406 e. The minimum Gasteiger partial charge on any atom is -0.493 e. The molecule has 1 atom stereocenters. The van der Waals surface area contributed by atoms with Crippen molar-refractivity contribution in [1.82, 2.24) is 4.90 Å². The van der Waals surface area contributed by atoms with Crippen molar-refractivity contribution < 1.29 is 37.3 Å². The first-order valence-electron chi connectivity index (χ1n) is 8.39. The summed E-state index contributed by atoms with van der Waals surface area (Å²) in [4.78, 5) is 25.3. The van der Waals surface area contributed by atoms with Crippen LogP contribution in [0.25, 0.3) is 0 Å². The number of benzene rings is 2. The zero-order valence-electron chi connectivity index (χ0n) is 15.4. The van der Waals surface area contributed by atoms with E-state index < -0.39 is 36.3 Å². The highest BCUT2D eigenvalue weighted by Gasteiger charge is 2.42. The predicted octanol–water partition coefficient (Wildman–Crippen LogP) is 3.53. The number of ether oxygens (including phenoxy) is 2. The second kappa shape index (κ2) is 7.53. The van der Waals surface area contributed by atoms with Gasteiger partial charge in [-0.3, -0.25) is 4.79 Å². The van der Waals surface area contributed by atoms with Gasteiger partial charge in [0.1, 0.15) is 18.3 Å². The smallest absolute Gasteiger partial charge is 0.406 e. The van der Waals surface area contributed by atoms with Gasteiger partial charge in [-0.25, -0.2) is 4.79 Å². The van der Waals surface area contributed by atoms with Crippen LogP contribution >= 0.6 is 0 Å². The molecule has 0 bridgehead atoms. The molecule has 7 nitrogen and oxygen atoms in total. The molecular formula is C19H17F3N2O5. The monoisotopic (exact) mass is 410 g/mol. The van der Waals surface area contributed by atoms with Crippen LogP contribution in [-0.2, 0) is 0 Å². The fraction of sp³-hybridized carbons (Fsp3) is 0.263. The summed E-state index contributed by atoms with van der Waals surface area (Å²) in [5, 5.41) is 12.6. The summed E-state index contributed by atoms with van der Waals surface area (Å²) >= 11 is 0. The average molecular weight is 410 g/mol. The van der Waals surface area contributed by atoms with Crippen LogP contribution < -0.4 is 14.8 Å². The lowest BCUT2D eigenvalue weighted by atomic mass is 9.98. The molecule has 2 aromatic rings. The molecule has 0 unspecified atom stereocenters. The van der Waals surface area contributed by atoms with Crippen molar-refractivity contribution in [2.24, 2.45) is 0 Å². The van der Waals surface area contributed by atoms with Gasteiger partial charge >= 0.3 is 12.1 Å². The number of carbonyl (C=O) groups excluding carboxylic acids is 1. The second-order valence-corrected chi connectivity index (χ2v) is 6.21. The van der Waals surface area contributed by atoms with Crippen LogP contribution in [0, 0.1) is 0 Å². The summed E-state index contributed by atoms with van der Waals surface area (Å²) in [6, 6.07) is 8.75. The molecule has 10 heteroatoms. The Morgan fingerprint density at radius 3 is 2.45 bits per heavy atom. The van der Waals surface area contributed by atoms with Gasteiger partial charge in [0, 0.05) is 11.3 Å². The van der Waals surface area contributed by atoms with Gasteiger partial charge in [0.15, 0.2) is 11.5 Å². The third-order valence-electron chi connectivity index (χ3n) is 4.46. The van der Waals surface area contributed by atoms with E-state index >= 15 is 0 Å². The second-order valence-electron chi connectivity index (χ2n) is 6.21. The number of carboxylic acid groups (broad SMARTS) is 1. The number of hydrogen-bond acceptors (Lipinski definition) is 5. The van der Waals surface area contributed by atoms with Crippen molar-refractivity contribution in [3.8, 4) is 11.5 Å². The number of anilines is 1. The van der Waals surface area contributed by atoms with Crippen molar-refractivity contribution in [2.75, 3.05) is 26.1 Å². The normalized spacial score (nSPS) is 16.1. The lowest BCUT2D eigenvalue weighted by Gasteiger charge is -2.39. The molecule has 0 spiro atoms. The Labute approximate surface area is 163 Å². The molecule has 3 rings (SSSR count). The number of aromatic carboxylic acids is 1. The van der Waals surface area contributed by atoms with Gasteiger partial charge < -0.3 is 24.8 Å². The number of amides is 1. The highest BCUT2D eigenvalue weighted by molar-refractivity contribution is 6.02. The maximum atomic E-state index is 13.2. The molecule has 1 aliphatic heterocycles. The number of halogens is 3. The summed E-state index contributed by atoms with van der Waals surface area (Å²) < 4.78 is 49.9. The lowest BCUT2D eigenvalue weighted by molar-refractivity contribution is -0.144. The molecule has 154 valence electrons. The molecule has 0 aliphatic carbocycles. The predicted molar refractivity (Wildman–Crippen MR) is 96.4 cm³/mol. The molecule has 29 heavy (non-hydrogen) atoms. The summed E-state index contributed by atoms with van der Waals surface area (Å²) in [5.41, 5.74) is -0.108. The van der Waals surface area contributed by atoms with Gasteiger partial charge in [-0.15, -0.1) is 0 Å². The Morgan fingerprint density at radius 1 is 1.17 bits per heavy atom. The molecule has 2 N–H and O–H groups in total. The number of rotatable bonds is 5. The van der Waals surface area contributed by atoms with E-state index in [2.05, 4.69) is 5.32 Å². The summed E-state index contributed by atoms with van der Waals surface area (Å²) in [6.07, 6.45) is -6.08. The van der Waals surface area contributed by atoms with Gasteiger partial charge in [0.05, 0.1) is 19.8 Å². The van der Waals surface area contributed by atoms with Gasteiger partial charge in [-0.05, 0) is 18.2 Å². The molecule has 0 aromatic heterocycles. The molecule has 0 saturated carbocycles. The highest BCUT2D eigenvalue weighted by atomic mass is 19.4. The van der Waals surface area contributed by atoms with Crippen LogP contribution in [-0.4, -0.2) is 48.8 Å². The van der Waals surface area contributed by atoms with E-state index in [0.717, 1.165) is 0 Å². The quantitative estimate of drug-likeness (QED) is 0.784. The Kier molecular flexibility index (Phi) is 5.27. The van der Waals surface area contributed by atoms with E-state index in [1.54, 1.807) is 6.07 Å². The van der Waals surface area contributed by atoms with Crippen molar-refractivity contribution in [1.29, 1.82) is 0 Å². The number of nitrogens with zero attached hydrogens (tertiary/aromatic N) is 1. The topological polar surface area (TPSA) is 88.1 Å². The van der Waals surface area contributed by atoms with Gasteiger partial charge in [-0.1, -0.05) is 18.2 Å². The number of hydrogen-bond donors (Lipinski definition) is 2. The van der Waals surface area contributed by atoms with Crippen LogP contribution in [0.2, 0.25) is 0 Å². The van der Waals surface area contributed by atoms with E-state index in [0.29, 0.717) is 10.6 Å². The van der Waals surface area contributed by atoms with E-state index in [1.807, 2.05) is 0 Å². The third kappa shape index (κ3) is 3.78. The number of nitrogens with one attached hydrogen (secondary N) is 1. The SMILES string of the molecule is COc1ccc([C@H]2Nc3ccccc3C(=O)N2CC(F)(F)F)c(C(=O)O)c1OC. The zero-order chi connectivity index (χ0) is 21.3. The molecule has 1 heterocycles. The summed E-state index contributed by atoms with van der Waals surface area (Å²) in [7, 11) is 2.52. The van der Waals surface area contributed by atoms with Crippen LogP contribution in [0.4, 0.5) is 18.9 Å². The number of para-hydroxylation sites is 1. The first-order valence-corrected chi connectivity index (χ1v) is 8.39. The Morgan fingerprint density at radius 2 is 1.86 bits per heavy atom. The molecule has 0 radical (unpaired) electrons. The Balaban J connectivity index is 2.22. The number of carbonyl (C=O) groups is 2. The minimum absolute atomic E-state index is 0.0605. The molecule has 0 fully saturated rings. The number of fused-ring (bicyclic) bond motifs is 1. The molecule has 0 saturated heterocycles. The van der Waals surface area contributed by atoms with Crippen LogP contribution in [0.15, 0.2) is 36.4 Å². The third-order valence-corrected chi connectivity index (χ3v) is 4.46. The summed E-state index contributed by atoms with van der Waals surface area (Å²) in [5.74, 6) is -2.36. The van der Waals surface area contributed by atoms with Crippen LogP contribution in [0.5, 0.6) is 11.5 Å². The van der Waals surface area contributed by atoms with E-state index in [4.69, 9.17) is 9.47 Å². The Bertz CT molecular complexity index is 961. The number of methoxy groups -OCH3 is 2. The fourth-order valence-corrected chi connectivity index (χ4v) is 3.29. The molecular weight excluding hydrogens is 393 g/mol. The van der Waals surface area contributed by atoms with E-state index in [1.165, 1.54) is 44.6 Å². The molecule has 1 amide bonds. The standard InChI is InChI=1S/C19H17F3N2O5/c1-28-13-8-7-11(14(18(26)27)15(13)29-2)16-23-12-6-4-3-5-10(12)17(25)24(16)9-19(20,21)22/h3-8,16,23H,9H2,1-2H3,(H,26,27)/t16-/m0/s1. The fourth-order valence-electron chi connectivity index (χ4n) is 3.29. The maximum absolute atomic E-state index is 13.2. The van der Waals surface area contributed by atoms with Gasteiger partial charge in [-0.2, -0.15) is 13.2 Å². The van der Waals surface area contributed by atoms with Crippen molar-refractivity contribution >= 4 is 17.6 Å². The van der Waals surface area contributed by atoms with Crippen LogP contribution in [0.3, 0.4) is 0 Å². The largest absolute Gasteiger partial charge is 0.493 e.